The summed E-state index contributed by atoms with van der Waals surface area (Å²) in [6, 6.07) is 4.90. The number of benzene rings is 1. The number of carboxylic acids is 2. The zero-order valence-electron chi connectivity index (χ0n) is 12.5. The molecular formula is C15H16O8S. The molecule has 0 radical (unpaired) electrons. The summed E-state index contributed by atoms with van der Waals surface area (Å²) < 4.78 is 32.4. The maximum absolute atomic E-state index is 12.6. The molecular weight excluding hydrogens is 340 g/mol. The predicted molar refractivity (Wildman–Crippen MR) is 81.5 cm³/mol. The molecule has 1 aliphatic carbocycles. The van der Waals surface area contributed by atoms with Gasteiger partial charge in [-0.3, -0.25) is 14.1 Å². The van der Waals surface area contributed by atoms with E-state index < -0.39 is 44.9 Å². The highest BCUT2D eigenvalue weighted by Gasteiger charge is 2.43. The Balaban J connectivity index is 2.33. The van der Waals surface area contributed by atoms with Gasteiger partial charge in [0, 0.05) is 11.5 Å². The lowest BCUT2D eigenvalue weighted by Gasteiger charge is -2.31. The topological polar surface area (TPSA) is 146 Å². The van der Waals surface area contributed by atoms with Gasteiger partial charge in [-0.25, -0.2) is 4.79 Å². The Morgan fingerprint density at radius 3 is 1.96 bits per heavy atom. The second-order valence-electron chi connectivity index (χ2n) is 5.75. The van der Waals surface area contributed by atoms with Gasteiger partial charge in [0.2, 0.25) is 0 Å². The summed E-state index contributed by atoms with van der Waals surface area (Å²) >= 11 is 0. The van der Waals surface area contributed by atoms with Gasteiger partial charge in [0.1, 0.15) is 0 Å². The molecule has 1 aromatic rings. The smallest absolute Gasteiger partial charge is 0.335 e. The molecule has 0 amide bonds. The van der Waals surface area contributed by atoms with Gasteiger partial charge >= 0.3 is 11.9 Å². The molecule has 8 nitrogen and oxygen atoms in total. The van der Waals surface area contributed by atoms with Crippen molar-refractivity contribution in [3.05, 3.63) is 35.4 Å². The Kier molecular flexibility index (Phi) is 5.05. The first kappa shape index (κ1) is 18.1. The first-order chi connectivity index (χ1) is 11.1. The van der Waals surface area contributed by atoms with Gasteiger partial charge < -0.3 is 10.2 Å². The summed E-state index contributed by atoms with van der Waals surface area (Å²) in [5, 5.41) is 16.6. The Bertz CT molecular complexity index is 765. The van der Waals surface area contributed by atoms with Crippen LogP contribution in [0.1, 0.15) is 40.0 Å². The van der Waals surface area contributed by atoms with Crippen LogP contribution in [0.15, 0.2) is 24.3 Å². The zero-order chi connectivity index (χ0) is 18.1. The molecule has 1 aromatic carbocycles. The average molecular weight is 356 g/mol. The van der Waals surface area contributed by atoms with E-state index in [1.54, 1.807) is 0 Å². The first-order valence-electron chi connectivity index (χ1n) is 7.18. The van der Waals surface area contributed by atoms with Crippen molar-refractivity contribution in [1.82, 2.24) is 0 Å². The lowest BCUT2D eigenvalue weighted by Crippen LogP contribution is -2.41. The van der Waals surface area contributed by atoms with Gasteiger partial charge in [-0.05, 0) is 31.4 Å². The van der Waals surface area contributed by atoms with Crippen molar-refractivity contribution in [3.8, 4) is 0 Å². The van der Waals surface area contributed by atoms with Gasteiger partial charge in [0.25, 0.3) is 10.1 Å². The number of ketones is 1. The summed E-state index contributed by atoms with van der Waals surface area (Å²) in [6.45, 7) is 0. The second kappa shape index (κ2) is 6.70. The van der Waals surface area contributed by atoms with Crippen LogP contribution in [0.2, 0.25) is 0 Å². The van der Waals surface area contributed by atoms with Crippen molar-refractivity contribution in [3.63, 3.8) is 0 Å². The third kappa shape index (κ3) is 3.80. The summed E-state index contributed by atoms with van der Waals surface area (Å²) in [6.07, 6.45) is -0.264. The Labute approximate surface area is 137 Å². The molecule has 3 N–H and O–H groups in total. The van der Waals surface area contributed by atoms with Crippen LogP contribution in [0.4, 0.5) is 0 Å². The number of Topliss-reactive ketones (excluding diaryl/α,β-unsaturated/α-hetero) is 1. The fourth-order valence-electron chi connectivity index (χ4n) is 2.99. The molecule has 9 heteroatoms. The molecule has 0 heterocycles. The quantitative estimate of drug-likeness (QED) is 0.529. The zero-order valence-corrected chi connectivity index (χ0v) is 13.3. The van der Waals surface area contributed by atoms with Gasteiger partial charge in [0.15, 0.2) is 5.78 Å². The number of carbonyl (C=O) groups excluding carboxylic acids is 1. The van der Waals surface area contributed by atoms with Crippen molar-refractivity contribution in [1.29, 1.82) is 0 Å². The van der Waals surface area contributed by atoms with Crippen LogP contribution in [0.3, 0.4) is 0 Å². The van der Waals surface area contributed by atoms with E-state index in [1.165, 1.54) is 24.3 Å². The van der Waals surface area contributed by atoms with Gasteiger partial charge in [-0.1, -0.05) is 12.1 Å². The van der Waals surface area contributed by atoms with Gasteiger partial charge in [-0.2, -0.15) is 8.42 Å². The van der Waals surface area contributed by atoms with E-state index in [0.717, 1.165) is 0 Å². The molecule has 0 aromatic heterocycles. The van der Waals surface area contributed by atoms with Crippen molar-refractivity contribution < 1.29 is 37.6 Å². The van der Waals surface area contributed by atoms with E-state index in [1.807, 2.05) is 0 Å². The third-order valence-corrected chi connectivity index (χ3v) is 5.60. The monoisotopic (exact) mass is 356 g/mol. The number of carbonyl (C=O) groups is 3. The maximum Gasteiger partial charge on any atom is 0.335 e. The average Bonchev–Trinajstić information content (AvgIpc) is 2.52. The molecule has 0 saturated heterocycles. The molecule has 0 aliphatic heterocycles. The molecule has 3 atom stereocenters. The van der Waals surface area contributed by atoms with Crippen LogP contribution in [0, 0.1) is 11.8 Å². The molecule has 2 rings (SSSR count). The minimum Gasteiger partial charge on any atom is -0.481 e. The maximum atomic E-state index is 12.6. The summed E-state index contributed by atoms with van der Waals surface area (Å²) in [7, 11) is -4.51. The molecule has 1 aliphatic rings. The molecule has 130 valence electrons. The van der Waals surface area contributed by atoms with Crippen LogP contribution < -0.4 is 0 Å². The predicted octanol–water partition coefficient (Wildman–Crippen LogP) is 1.32. The minimum absolute atomic E-state index is 0.0371. The highest BCUT2D eigenvalue weighted by molar-refractivity contribution is 7.86. The van der Waals surface area contributed by atoms with Crippen molar-refractivity contribution in [2.45, 2.75) is 24.5 Å². The fraction of sp³-hybridized carbons (Fsp3) is 0.400. The Morgan fingerprint density at radius 1 is 0.958 bits per heavy atom. The van der Waals surface area contributed by atoms with Crippen LogP contribution >= 0.6 is 0 Å². The minimum atomic E-state index is -4.51. The van der Waals surface area contributed by atoms with Crippen molar-refractivity contribution >= 4 is 27.8 Å². The Hall–Kier alpha value is -2.26. The molecule has 1 saturated carbocycles. The van der Waals surface area contributed by atoms with E-state index >= 15 is 0 Å². The molecule has 0 bridgehead atoms. The largest absolute Gasteiger partial charge is 0.481 e. The molecule has 0 spiro atoms. The number of carboxylic acid groups (broad SMARTS) is 2. The van der Waals surface area contributed by atoms with Crippen LogP contribution in [0.5, 0.6) is 0 Å². The number of rotatable bonds is 5. The van der Waals surface area contributed by atoms with Crippen LogP contribution in [-0.2, 0) is 14.9 Å². The summed E-state index contributed by atoms with van der Waals surface area (Å²) in [4.78, 5) is 34.6. The van der Waals surface area contributed by atoms with Crippen molar-refractivity contribution in [2.75, 3.05) is 0 Å². The fourth-order valence-corrected chi connectivity index (χ4v) is 4.07. The Morgan fingerprint density at radius 2 is 1.50 bits per heavy atom. The van der Waals surface area contributed by atoms with E-state index in [-0.39, 0.29) is 30.4 Å². The lowest BCUT2D eigenvalue weighted by molar-refractivity contribution is -0.143. The molecule has 1 fully saturated rings. The van der Waals surface area contributed by atoms with Crippen molar-refractivity contribution in [2.24, 2.45) is 11.8 Å². The SMILES string of the molecule is O=C(O)c1ccc(C(=O)[C@H]2C[C@@H](C(=O)O)CC[C@@H]2S(=O)(=O)O)cc1. The number of hydrogen-bond acceptors (Lipinski definition) is 5. The van der Waals surface area contributed by atoms with E-state index in [2.05, 4.69) is 0 Å². The molecule has 0 unspecified atom stereocenters. The van der Waals surface area contributed by atoms with Gasteiger partial charge in [-0.15, -0.1) is 0 Å². The number of aromatic carboxylic acids is 1. The van der Waals surface area contributed by atoms with Gasteiger partial charge in [0.05, 0.1) is 16.7 Å². The third-order valence-electron chi connectivity index (χ3n) is 4.27. The lowest BCUT2D eigenvalue weighted by atomic mass is 9.77. The van der Waals surface area contributed by atoms with Crippen LogP contribution in [0.25, 0.3) is 0 Å². The highest BCUT2D eigenvalue weighted by Crippen LogP contribution is 2.35. The summed E-state index contributed by atoms with van der Waals surface area (Å²) in [5.41, 5.74) is 0.0367. The second-order valence-corrected chi connectivity index (χ2v) is 7.39. The highest BCUT2D eigenvalue weighted by atomic mass is 32.2. The van der Waals surface area contributed by atoms with E-state index in [0.29, 0.717) is 0 Å². The number of hydrogen-bond donors (Lipinski definition) is 3. The summed E-state index contributed by atoms with van der Waals surface area (Å²) in [5.74, 6) is -4.97. The standard InChI is InChI=1S/C15H16O8S/c16-13(8-1-3-9(4-2-8)14(17)18)11-7-10(15(19)20)5-6-12(11)24(21,22)23/h1-4,10-12H,5-7H2,(H,17,18)(H,19,20)(H,21,22,23)/t10-,11-,12-/m0/s1. The van der Waals surface area contributed by atoms with E-state index in [9.17, 15) is 27.4 Å². The van der Waals surface area contributed by atoms with E-state index in [4.69, 9.17) is 10.2 Å². The number of aliphatic carboxylic acids is 1. The normalized spacial score (nSPS) is 24.3. The molecule has 24 heavy (non-hydrogen) atoms. The van der Waals surface area contributed by atoms with Crippen LogP contribution in [-0.4, -0.2) is 46.2 Å². The first-order valence-corrected chi connectivity index (χ1v) is 8.68.